The number of imidazole rings is 1. The highest BCUT2D eigenvalue weighted by atomic mass is 32.2. The van der Waals surface area contributed by atoms with E-state index in [1.807, 2.05) is 0 Å². The number of sulfonamides is 1. The topological polar surface area (TPSA) is 95.1 Å². The van der Waals surface area contributed by atoms with Gasteiger partial charge in [0.25, 0.3) is 15.9 Å². The molecule has 1 aromatic rings. The fourth-order valence-electron chi connectivity index (χ4n) is 0.994. The molecule has 3 N–H and O–H groups in total. The van der Waals surface area contributed by atoms with Gasteiger partial charge in [0.15, 0.2) is 5.03 Å². The molecule has 0 unspecified atom stereocenters. The molecule has 1 rings (SSSR count). The first kappa shape index (κ1) is 14.0. The molecule has 1 heterocycles. The van der Waals surface area contributed by atoms with Crippen molar-refractivity contribution in [3.8, 4) is 0 Å². The summed E-state index contributed by atoms with van der Waals surface area (Å²) in [5.41, 5.74) is 0. The molecule has 0 saturated heterocycles. The van der Waals surface area contributed by atoms with Gasteiger partial charge < -0.3 is 10.1 Å². The highest BCUT2D eigenvalue weighted by Gasteiger charge is 2.30. The minimum absolute atomic E-state index is 0.275. The minimum Gasteiger partial charge on any atom is -0.390 e. The number of halogens is 2. The Morgan fingerprint density at radius 1 is 1.59 bits per heavy atom. The number of aromatic amines is 1. The van der Waals surface area contributed by atoms with Gasteiger partial charge in [0.2, 0.25) is 0 Å². The van der Waals surface area contributed by atoms with Crippen LogP contribution in [0, 0.1) is 0 Å². The summed E-state index contributed by atoms with van der Waals surface area (Å²) < 4.78 is 50.1. The van der Waals surface area contributed by atoms with Crippen LogP contribution in [0.25, 0.3) is 0 Å². The van der Waals surface area contributed by atoms with Crippen molar-refractivity contribution in [2.45, 2.75) is 24.3 Å². The molecule has 0 amide bonds. The zero-order chi connectivity index (χ0) is 13.1. The predicted octanol–water partition coefficient (Wildman–Crippen LogP) is -0.122. The maximum atomic E-state index is 12.7. The Morgan fingerprint density at radius 2 is 2.24 bits per heavy atom. The number of aromatic nitrogens is 2. The first-order valence-electron chi connectivity index (χ1n) is 4.83. The highest BCUT2D eigenvalue weighted by Crippen LogP contribution is 2.12. The lowest BCUT2D eigenvalue weighted by Crippen LogP contribution is -2.39. The van der Waals surface area contributed by atoms with E-state index < -0.39 is 29.1 Å². The van der Waals surface area contributed by atoms with Crippen LogP contribution in [0.2, 0.25) is 0 Å². The van der Waals surface area contributed by atoms with Gasteiger partial charge in [-0.05, 0) is 0 Å². The zero-order valence-corrected chi connectivity index (χ0v) is 9.89. The number of nitrogens with one attached hydrogen (secondary N) is 2. The molecular weight excluding hydrogens is 256 g/mol. The molecule has 0 aliphatic rings. The number of aryl methyl sites for hydroxylation is 1. The van der Waals surface area contributed by atoms with E-state index in [0.29, 0.717) is 12.2 Å². The Hall–Kier alpha value is -1.06. The van der Waals surface area contributed by atoms with Crippen molar-refractivity contribution < 1.29 is 22.3 Å². The molecular formula is C8H13F2N3O3S. The summed E-state index contributed by atoms with van der Waals surface area (Å²) in [7, 11) is -4.05. The largest absolute Gasteiger partial charge is 0.390 e. The van der Waals surface area contributed by atoms with E-state index in [2.05, 4.69) is 9.97 Å². The summed E-state index contributed by atoms with van der Waals surface area (Å²) in [6.45, 7) is -0.812. The van der Waals surface area contributed by atoms with Gasteiger partial charge in [-0.3, -0.25) is 0 Å². The van der Waals surface area contributed by atoms with E-state index in [1.54, 1.807) is 11.6 Å². The number of aliphatic hydroxyl groups excluding tert-OH is 1. The SMILES string of the molecule is CCc1ncc(S(=O)(=O)NCC(F)(F)CO)[nH]1. The monoisotopic (exact) mass is 269 g/mol. The molecule has 0 saturated carbocycles. The smallest absolute Gasteiger partial charge is 0.283 e. The third-order valence-electron chi connectivity index (χ3n) is 1.98. The molecule has 0 aliphatic carbocycles. The summed E-state index contributed by atoms with van der Waals surface area (Å²) >= 11 is 0. The van der Waals surface area contributed by atoms with E-state index in [1.165, 1.54) is 0 Å². The molecule has 0 bridgehead atoms. The van der Waals surface area contributed by atoms with Crippen molar-refractivity contribution in [1.29, 1.82) is 0 Å². The molecule has 0 atom stereocenters. The van der Waals surface area contributed by atoms with Crippen LogP contribution in [-0.4, -0.2) is 42.6 Å². The van der Waals surface area contributed by atoms with Crippen LogP contribution in [0.5, 0.6) is 0 Å². The van der Waals surface area contributed by atoms with Gasteiger partial charge in [0, 0.05) is 6.42 Å². The molecule has 0 radical (unpaired) electrons. The molecule has 6 nitrogen and oxygen atoms in total. The van der Waals surface area contributed by atoms with E-state index in [0.717, 1.165) is 6.20 Å². The van der Waals surface area contributed by atoms with Gasteiger partial charge in [-0.1, -0.05) is 6.92 Å². The molecule has 98 valence electrons. The van der Waals surface area contributed by atoms with Crippen LogP contribution >= 0.6 is 0 Å². The van der Waals surface area contributed by atoms with Gasteiger partial charge in [0.1, 0.15) is 12.4 Å². The quantitative estimate of drug-likeness (QED) is 0.671. The maximum absolute atomic E-state index is 12.7. The second-order valence-corrected chi connectivity index (χ2v) is 5.12. The normalized spacial score (nSPS) is 12.9. The van der Waals surface area contributed by atoms with E-state index in [4.69, 9.17) is 5.11 Å². The van der Waals surface area contributed by atoms with Crippen molar-refractivity contribution >= 4 is 10.0 Å². The van der Waals surface area contributed by atoms with Gasteiger partial charge >= 0.3 is 0 Å². The minimum atomic E-state index is -4.05. The Morgan fingerprint density at radius 3 is 2.71 bits per heavy atom. The summed E-state index contributed by atoms with van der Waals surface area (Å²) in [5, 5.41) is 8.02. The second kappa shape index (κ2) is 5.07. The summed E-state index contributed by atoms with van der Waals surface area (Å²) in [6.07, 6.45) is 1.56. The third kappa shape index (κ3) is 3.72. The molecule has 0 spiro atoms. The summed E-state index contributed by atoms with van der Waals surface area (Å²) in [6, 6.07) is 0. The lowest BCUT2D eigenvalue weighted by atomic mass is 10.4. The number of aliphatic hydroxyl groups is 1. The van der Waals surface area contributed by atoms with Crippen LogP contribution in [0.3, 0.4) is 0 Å². The number of hydrogen-bond donors (Lipinski definition) is 3. The maximum Gasteiger partial charge on any atom is 0.283 e. The summed E-state index contributed by atoms with van der Waals surface area (Å²) in [5.74, 6) is -3.04. The molecule has 0 aromatic carbocycles. The number of H-pyrrole nitrogens is 1. The standard InChI is InChI=1S/C8H13F2N3O3S/c1-2-6-11-3-7(13-6)17(15,16)12-4-8(9,10)5-14/h3,12,14H,2,4-5H2,1H3,(H,11,13). The van der Waals surface area contributed by atoms with E-state index in [9.17, 15) is 17.2 Å². The van der Waals surface area contributed by atoms with Gasteiger partial charge in [-0.15, -0.1) is 0 Å². The fourth-order valence-corrected chi connectivity index (χ4v) is 1.99. The molecule has 17 heavy (non-hydrogen) atoms. The van der Waals surface area contributed by atoms with Crippen LogP contribution in [0.1, 0.15) is 12.7 Å². The van der Waals surface area contributed by atoms with Crippen LogP contribution < -0.4 is 4.72 Å². The number of rotatable bonds is 6. The molecule has 9 heteroatoms. The lowest BCUT2D eigenvalue weighted by molar-refractivity contribution is -0.0437. The van der Waals surface area contributed by atoms with Gasteiger partial charge in [0.05, 0.1) is 12.7 Å². The number of hydrogen-bond acceptors (Lipinski definition) is 4. The second-order valence-electron chi connectivity index (χ2n) is 3.39. The first-order valence-corrected chi connectivity index (χ1v) is 6.31. The van der Waals surface area contributed by atoms with Gasteiger partial charge in [-0.2, -0.15) is 0 Å². The van der Waals surface area contributed by atoms with Crippen LogP contribution in [0.4, 0.5) is 8.78 Å². The van der Waals surface area contributed by atoms with Crippen LogP contribution in [0.15, 0.2) is 11.2 Å². The predicted molar refractivity (Wildman–Crippen MR) is 55.2 cm³/mol. The third-order valence-corrected chi connectivity index (χ3v) is 3.29. The Kier molecular flexibility index (Phi) is 4.17. The average Bonchev–Trinajstić information content (AvgIpc) is 2.76. The summed E-state index contributed by atoms with van der Waals surface area (Å²) in [4.78, 5) is 6.24. The first-order chi connectivity index (χ1) is 7.80. The highest BCUT2D eigenvalue weighted by molar-refractivity contribution is 7.89. The van der Waals surface area contributed by atoms with Crippen LogP contribution in [-0.2, 0) is 16.4 Å². The number of nitrogens with zero attached hydrogens (tertiary/aromatic N) is 1. The Labute approximate surface area is 97.1 Å². The molecule has 0 fully saturated rings. The molecule has 0 aliphatic heterocycles. The van der Waals surface area contributed by atoms with E-state index >= 15 is 0 Å². The zero-order valence-electron chi connectivity index (χ0n) is 9.07. The Bertz CT molecular complexity index is 472. The Balaban J connectivity index is 2.76. The lowest BCUT2D eigenvalue weighted by Gasteiger charge is -2.13. The van der Waals surface area contributed by atoms with Crippen molar-refractivity contribution in [3.63, 3.8) is 0 Å². The van der Waals surface area contributed by atoms with Crippen molar-refractivity contribution in [2.75, 3.05) is 13.2 Å². The van der Waals surface area contributed by atoms with Crippen molar-refractivity contribution in [3.05, 3.63) is 12.0 Å². The van der Waals surface area contributed by atoms with E-state index in [-0.39, 0.29) is 5.03 Å². The number of alkyl halides is 2. The van der Waals surface area contributed by atoms with Gasteiger partial charge in [-0.25, -0.2) is 26.9 Å². The van der Waals surface area contributed by atoms with Crippen molar-refractivity contribution in [1.82, 2.24) is 14.7 Å². The molecule has 1 aromatic heterocycles. The fraction of sp³-hybridized carbons (Fsp3) is 0.625. The van der Waals surface area contributed by atoms with Crippen molar-refractivity contribution in [2.24, 2.45) is 0 Å². The average molecular weight is 269 g/mol.